The van der Waals surface area contributed by atoms with Gasteiger partial charge in [0.1, 0.15) is 11.9 Å². The number of benzene rings is 1. The van der Waals surface area contributed by atoms with Crippen LogP contribution in [-0.4, -0.2) is 15.9 Å². The first-order valence-corrected chi connectivity index (χ1v) is 8.26. The third kappa shape index (κ3) is 3.27. The van der Waals surface area contributed by atoms with Crippen molar-refractivity contribution in [3.05, 3.63) is 39.0 Å². The number of nitro groups is 1. The van der Waals surface area contributed by atoms with Crippen molar-refractivity contribution < 1.29 is 4.92 Å². The third-order valence-corrected chi connectivity index (χ3v) is 4.76. The number of pyridine rings is 1. The SMILES string of the molecule is N#CC1CCC(Nc2c([N+](=O)[O-])cnc3ccc(Br)cc23)CC1. The normalized spacial score (nSPS) is 20.9. The fourth-order valence-corrected chi connectivity index (χ4v) is 3.38. The van der Waals surface area contributed by atoms with Crippen LogP contribution in [0.1, 0.15) is 25.7 Å². The number of aromatic nitrogens is 1. The fraction of sp³-hybridized carbons (Fsp3) is 0.375. The molecular weight excluding hydrogens is 360 g/mol. The highest BCUT2D eigenvalue weighted by molar-refractivity contribution is 9.10. The largest absolute Gasteiger partial charge is 0.376 e. The van der Waals surface area contributed by atoms with Crippen LogP contribution in [0.5, 0.6) is 0 Å². The Balaban J connectivity index is 1.97. The van der Waals surface area contributed by atoms with Crippen LogP contribution in [0.4, 0.5) is 11.4 Å². The molecule has 0 bridgehead atoms. The second-order valence-corrected chi connectivity index (χ2v) is 6.67. The second kappa shape index (κ2) is 6.50. The Kier molecular flexibility index (Phi) is 4.44. The summed E-state index contributed by atoms with van der Waals surface area (Å²) in [7, 11) is 0. The Morgan fingerprint density at radius 3 is 2.74 bits per heavy atom. The molecule has 3 rings (SSSR count). The van der Waals surface area contributed by atoms with E-state index >= 15 is 0 Å². The summed E-state index contributed by atoms with van der Waals surface area (Å²) in [4.78, 5) is 15.1. The average Bonchev–Trinajstić information content (AvgIpc) is 2.55. The molecule has 7 heteroatoms. The number of hydrogen-bond donors (Lipinski definition) is 1. The Labute approximate surface area is 141 Å². The van der Waals surface area contributed by atoms with E-state index in [9.17, 15) is 10.1 Å². The van der Waals surface area contributed by atoms with Crippen molar-refractivity contribution in [2.45, 2.75) is 31.7 Å². The standard InChI is InChI=1S/C16H15BrN4O2/c17-11-3-6-14-13(7-11)16(15(9-19-14)21(22)23)20-12-4-1-10(8-18)2-5-12/h3,6-7,9-10,12H,1-2,4-5H2,(H,19,20). The highest BCUT2D eigenvalue weighted by Crippen LogP contribution is 2.35. The van der Waals surface area contributed by atoms with Gasteiger partial charge in [-0.15, -0.1) is 0 Å². The molecule has 1 saturated carbocycles. The van der Waals surface area contributed by atoms with E-state index in [2.05, 4.69) is 32.3 Å². The highest BCUT2D eigenvalue weighted by Gasteiger charge is 2.25. The average molecular weight is 375 g/mol. The monoisotopic (exact) mass is 374 g/mol. The number of nitrogens with one attached hydrogen (secondary N) is 1. The maximum Gasteiger partial charge on any atom is 0.311 e. The van der Waals surface area contributed by atoms with Gasteiger partial charge in [-0.3, -0.25) is 10.1 Å². The van der Waals surface area contributed by atoms with Crippen LogP contribution >= 0.6 is 15.9 Å². The van der Waals surface area contributed by atoms with Crippen LogP contribution in [0.2, 0.25) is 0 Å². The molecule has 0 unspecified atom stereocenters. The maximum atomic E-state index is 11.4. The van der Waals surface area contributed by atoms with Gasteiger partial charge in [0, 0.05) is 21.8 Å². The smallest absolute Gasteiger partial charge is 0.311 e. The maximum absolute atomic E-state index is 11.4. The van der Waals surface area contributed by atoms with Crippen molar-refractivity contribution in [2.24, 2.45) is 5.92 Å². The van der Waals surface area contributed by atoms with Gasteiger partial charge < -0.3 is 5.32 Å². The van der Waals surface area contributed by atoms with Gasteiger partial charge in [-0.1, -0.05) is 15.9 Å². The molecule has 0 radical (unpaired) electrons. The summed E-state index contributed by atoms with van der Waals surface area (Å²) < 4.78 is 0.850. The molecule has 1 fully saturated rings. The molecule has 0 saturated heterocycles. The molecule has 118 valence electrons. The van der Waals surface area contributed by atoms with Gasteiger partial charge in [0.05, 0.1) is 16.5 Å². The van der Waals surface area contributed by atoms with Crippen molar-refractivity contribution in [1.82, 2.24) is 4.98 Å². The molecule has 0 amide bonds. The number of rotatable bonds is 3. The van der Waals surface area contributed by atoms with Gasteiger partial charge in [0.15, 0.2) is 0 Å². The van der Waals surface area contributed by atoms with Gasteiger partial charge in [0.2, 0.25) is 0 Å². The summed E-state index contributed by atoms with van der Waals surface area (Å²) in [6, 6.07) is 7.99. The summed E-state index contributed by atoms with van der Waals surface area (Å²) in [5.74, 6) is 0.103. The molecule has 1 heterocycles. The first-order valence-electron chi connectivity index (χ1n) is 7.47. The predicted octanol–water partition coefficient (Wildman–Crippen LogP) is 4.40. The Morgan fingerprint density at radius 1 is 1.35 bits per heavy atom. The zero-order valence-corrected chi connectivity index (χ0v) is 13.9. The lowest BCUT2D eigenvalue weighted by Gasteiger charge is -2.26. The van der Waals surface area contributed by atoms with Crippen LogP contribution in [0.25, 0.3) is 10.9 Å². The van der Waals surface area contributed by atoms with Crippen LogP contribution in [-0.2, 0) is 0 Å². The lowest BCUT2D eigenvalue weighted by molar-refractivity contribution is -0.384. The molecule has 0 aliphatic heterocycles. The fourth-order valence-electron chi connectivity index (χ4n) is 3.02. The molecule has 1 aliphatic carbocycles. The Bertz CT molecular complexity index is 795. The molecular formula is C16H15BrN4O2. The second-order valence-electron chi connectivity index (χ2n) is 5.76. The summed E-state index contributed by atoms with van der Waals surface area (Å²) in [6.07, 6.45) is 4.64. The minimum Gasteiger partial charge on any atom is -0.376 e. The molecule has 1 N–H and O–H groups in total. The van der Waals surface area contributed by atoms with Gasteiger partial charge in [-0.2, -0.15) is 5.26 Å². The highest BCUT2D eigenvalue weighted by atomic mass is 79.9. The van der Waals surface area contributed by atoms with Crippen molar-refractivity contribution in [2.75, 3.05) is 5.32 Å². The quantitative estimate of drug-likeness (QED) is 0.634. The van der Waals surface area contributed by atoms with Crippen molar-refractivity contribution in [1.29, 1.82) is 5.26 Å². The molecule has 23 heavy (non-hydrogen) atoms. The number of nitriles is 1. The number of halogens is 1. The summed E-state index contributed by atoms with van der Waals surface area (Å²) in [5, 5.41) is 24.4. The molecule has 6 nitrogen and oxygen atoms in total. The minimum atomic E-state index is -0.406. The predicted molar refractivity (Wildman–Crippen MR) is 91.1 cm³/mol. The number of nitrogens with zero attached hydrogens (tertiary/aromatic N) is 3. The zero-order valence-electron chi connectivity index (χ0n) is 12.3. The van der Waals surface area contributed by atoms with Gasteiger partial charge in [-0.05, 0) is 43.9 Å². The van der Waals surface area contributed by atoms with E-state index in [4.69, 9.17) is 5.26 Å². The van der Waals surface area contributed by atoms with Crippen molar-refractivity contribution >= 4 is 38.2 Å². The molecule has 0 atom stereocenters. The summed E-state index contributed by atoms with van der Waals surface area (Å²) >= 11 is 3.41. The van der Waals surface area contributed by atoms with E-state index in [0.717, 1.165) is 35.5 Å². The van der Waals surface area contributed by atoms with E-state index in [-0.39, 0.29) is 17.6 Å². The molecule has 1 aliphatic rings. The molecule has 1 aromatic heterocycles. The molecule has 1 aromatic carbocycles. The Hall–Kier alpha value is -2.20. The zero-order chi connectivity index (χ0) is 16.4. The topological polar surface area (TPSA) is 91.8 Å². The summed E-state index contributed by atoms with van der Waals surface area (Å²) in [5.41, 5.74) is 1.21. The van der Waals surface area contributed by atoms with Crippen LogP contribution in [0.3, 0.4) is 0 Å². The number of anilines is 1. The van der Waals surface area contributed by atoms with Gasteiger partial charge in [-0.25, -0.2) is 4.98 Å². The minimum absolute atomic E-state index is 0.0157. The number of hydrogen-bond acceptors (Lipinski definition) is 5. The summed E-state index contributed by atoms with van der Waals surface area (Å²) in [6.45, 7) is 0. The van der Waals surface area contributed by atoms with Gasteiger partial charge in [0.25, 0.3) is 0 Å². The van der Waals surface area contributed by atoms with E-state index in [1.807, 2.05) is 18.2 Å². The molecule has 2 aromatic rings. The van der Waals surface area contributed by atoms with Gasteiger partial charge >= 0.3 is 5.69 Å². The lowest BCUT2D eigenvalue weighted by atomic mass is 9.87. The van der Waals surface area contributed by atoms with E-state index in [0.29, 0.717) is 11.2 Å². The lowest BCUT2D eigenvalue weighted by Crippen LogP contribution is -2.26. The molecule has 0 spiro atoms. The van der Waals surface area contributed by atoms with E-state index in [1.54, 1.807) is 0 Å². The number of fused-ring (bicyclic) bond motifs is 1. The van der Waals surface area contributed by atoms with Crippen LogP contribution < -0.4 is 5.32 Å². The van der Waals surface area contributed by atoms with Crippen molar-refractivity contribution in [3.63, 3.8) is 0 Å². The Morgan fingerprint density at radius 2 is 2.09 bits per heavy atom. The van der Waals surface area contributed by atoms with Crippen molar-refractivity contribution in [3.8, 4) is 6.07 Å². The van der Waals surface area contributed by atoms with E-state index in [1.165, 1.54) is 6.20 Å². The van der Waals surface area contributed by atoms with Crippen LogP contribution in [0.15, 0.2) is 28.9 Å². The first kappa shape index (κ1) is 15.7. The van der Waals surface area contributed by atoms with E-state index < -0.39 is 4.92 Å². The third-order valence-electron chi connectivity index (χ3n) is 4.26. The van der Waals surface area contributed by atoms with Crippen LogP contribution in [0, 0.1) is 27.4 Å². The first-order chi connectivity index (χ1) is 11.1.